The normalized spacial score (nSPS) is 24.5. The molecule has 0 saturated carbocycles. The molecule has 1 aliphatic heterocycles. The van der Waals surface area contributed by atoms with Gasteiger partial charge in [-0.25, -0.2) is 0 Å². The third kappa shape index (κ3) is 2.38. The summed E-state index contributed by atoms with van der Waals surface area (Å²) in [6.07, 6.45) is 1.15. The van der Waals surface area contributed by atoms with Crippen LogP contribution in [0.1, 0.15) is 29.2 Å². The Balaban J connectivity index is 2.31. The molecular weight excluding hydrogens is 224 g/mol. The number of likely N-dealkylation sites (tertiary alicyclic amines) is 1. The van der Waals surface area contributed by atoms with Crippen molar-refractivity contribution >= 4 is 0 Å². The van der Waals surface area contributed by atoms with Gasteiger partial charge in [0, 0.05) is 12.6 Å². The largest absolute Gasteiger partial charge is 0.496 e. The highest BCUT2D eigenvalue weighted by Crippen LogP contribution is 2.36. The molecule has 0 amide bonds. The Morgan fingerprint density at radius 3 is 2.67 bits per heavy atom. The van der Waals surface area contributed by atoms with E-state index in [2.05, 4.69) is 37.9 Å². The van der Waals surface area contributed by atoms with Crippen LogP contribution in [-0.4, -0.2) is 32.1 Å². The van der Waals surface area contributed by atoms with Crippen molar-refractivity contribution in [3.8, 4) is 5.75 Å². The average Bonchev–Trinajstić information content (AvgIpc) is 2.74. The smallest absolute Gasteiger partial charge is 0.122 e. The van der Waals surface area contributed by atoms with Crippen molar-refractivity contribution in [1.82, 2.24) is 4.90 Å². The second-order valence-corrected chi connectivity index (χ2v) is 5.46. The molecule has 0 aromatic heterocycles. The van der Waals surface area contributed by atoms with Crippen LogP contribution in [-0.2, 0) is 0 Å². The Bertz CT molecular complexity index is 431. The van der Waals surface area contributed by atoms with Crippen LogP contribution >= 0.6 is 0 Å². The van der Waals surface area contributed by atoms with Gasteiger partial charge in [-0.05, 0) is 62.5 Å². The molecule has 0 aliphatic carbocycles. The Kier molecular flexibility index (Phi) is 3.93. The van der Waals surface area contributed by atoms with Gasteiger partial charge in [-0.1, -0.05) is 6.07 Å². The second kappa shape index (κ2) is 5.29. The lowest BCUT2D eigenvalue weighted by atomic mass is 9.96. The van der Waals surface area contributed by atoms with E-state index in [0.717, 1.165) is 25.3 Å². The van der Waals surface area contributed by atoms with Crippen molar-refractivity contribution in [3.63, 3.8) is 0 Å². The van der Waals surface area contributed by atoms with Crippen molar-refractivity contribution in [3.05, 3.63) is 28.8 Å². The summed E-state index contributed by atoms with van der Waals surface area (Å²) in [5.41, 5.74) is 9.68. The van der Waals surface area contributed by atoms with Crippen LogP contribution in [0.4, 0.5) is 0 Å². The number of hydrogen-bond donors (Lipinski definition) is 1. The van der Waals surface area contributed by atoms with E-state index in [9.17, 15) is 0 Å². The zero-order valence-corrected chi connectivity index (χ0v) is 11.9. The molecule has 2 rings (SSSR count). The molecule has 0 bridgehead atoms. The van der Waals surface area contributed by atoms with Gasteiger partial charge in [0.1, 0.15) is 5.75 Å². The van der Waals surface area contributed by atoms with Crippen molar-refractivity contribution in [2.75, 3.05) is 27.2 Å². The van der Waals surface area contributed by atoms with Gasteiger partial charge >= 0.3 is 0 Å². The lowest BCUT2D eigenvalue weighted by Crippen LogP contribution is -2.20. The Hall–Kier alpha value is -1.06. The van der Waals surface area contributed by atoms with Gasteiger partial charge in [0.2, 0.25) is 0 Å². The molecule has 1 fully saturated rings. The van der Waals surface area contributed by atoms with E-state index < -0.39 is 0 Å². The Labute approximate surface area is 110 Å². The van der Waals surface area contributed by atoms with E-state index >= 15 is 0 Å². The van der Waals surface area contributed by atoms with Gasteiger partial charge in [-0.3, -0.25) is 4.90 Å². The number of hydrogen-bond acceptors (Lipinski definition) is 3. The van der Waals surface area contributed by atoms with E-state index in [1.807, 2.05) is 0 Å². The lowest BCUT2D eigenvalue weighted by Gasteiger charge is -2.21. The molecule has 1 saturated heterocycles. The van der Waals surface area contributed by atoms with E-state index in [1.165, 1.54) is 16.7 Å². The molecular formula is C15H24N2O. The quantitative estimate of drug-likeness (QED) is 0.891. The Morgan fingerprint density at radius 1 is 1.39 bits per heavy atom. The summed E-state index contributed by atoms with van der Waals surface area (Å²) in [5, 5.41) is 0. The molecule has 1 aromatic rings. The fourth-order valence-corrected chi connectivity index (χ4v) is 2.92. The zero-order chi connectivity index (χ0) is 13.3. The van der Waals surface area contributed by atoms with Gasteiger partial charge in [0.15, 0.2) is 0 Å². The van der Waals surface area contributed by atoms with Gasteiger partial charge < -0.3 is 10.5 Å². The van der Waals surface area contributed by atoms with Crippen LogP contribution in [0.5, 0.6) is 5.75 Å². The summed E-state index contributed by atoms with van der Waals surface area (Å²) < 4.78 is 5.47. The fraction of sp³-hybridized carbons (Fsp3) is 0.600. The molecule has 0 radical (unpaired) electrons. The van der Waals surface area contributed by atoms with E-state index in [4.69, 9.17) is 10.5 Å². The predicted octanol–water partition coefficient (Wildman–Crippen LogP) is 2.26. The maximum absolute atomic E-state index is 5.80. The van der Waals surface area contributed by atoms with Gasteiger partial charge in [0.25, 0.3) is 0 Å². The first-order valence-corrected chi connectivity index (χ1v) is 6.62. The summed E-state index contributed by atoms with van der Waals surface area (Å²) in [4.78, 5) is 2.40. The average molecular weight is 248 g/mol. The van der Waals surface area contributed by atoms with E-state index in [1.54, 1.807) is 7.11 Å². The van der Waals surface area contributed by atoms with Gasteiger partial charge in [-0.2, -0.15) is 0 Å². The number of nitrogens with two attached hydrogens (primary N) is 1. The van der Waals surface area contributed by atoms with Gasteiger partial charge in [-0.15, -0.1) is 0 Å². The third-order valence-electron chi connectivity index (χ3n) is 4.21. The van der Waals surface area contributed by atoms with Crippen molar-refractivity contribution < 1.29 is 4.74 Å². The SMILES string of the molecule is COc1cc(C2CC(CN)CN2C)cc(C)c1C. The Morgan fingerprint density at radius 2 is 2.11 bits per heavy atom. The first-order valence-electron chi connectivity index (χ1n) is 6.62. The summed E-state index contributed by atoms with van der Waals surface area (Å²) in [5.74, 6) is 1.61. The zero-order valence-electron chi connectivity index (χ0n) is 11.9. The first-order chi connectivity index (χ1) is 8.56. The molecule has 1 aromatic carbocycles. The number of aryl methyl sites for hydroxylation is 1. The minimum Gasteiger partial charge on any atom is -0.496 e. The summed E-state index contributed by atoms with van der Waals surface area (Å²) in [6.45, 7) is 6.13. The predicted molar refractivity (Wildman–Crippen MR) is 75.0 cm³/mol. The molecule has 100 valence electrons. The fourth-order valence-electron chi connectivity index (χ4n) is 2.92. The minimum atomic E-state index is 0.478. The number of methoxy groups -OCH3 is 1. The molecule has 1 aliphatic rings. The topological polar surface area (TPSA) is 38.5 Å². The van der Waals surface area contributed by atoms with Crippen LogP contribution in [0.15, 0.2) is 12.1 Å². The standard InChI is InChI=1S/C15H24N2O/c1-10-5-13(7-15(18-4)11(10)2)14-6-12(8-16)9-17(14)3/h5,7,12,14H,6,8-9,16H2,1-4H3. The molecule has 18 heavy (non-hydrogen) atoms. The summed E-state index contributed by atoms with van der Waals surface area (Å²) in [7, 11) is 3.93. The molecule has 2 unspecified atom stereocenters. The molecule has 3 nitrogen and oxygen atoms in total. The highest BCUT2D eigenvalue weighted by atomic mass is 16.5. The van der Waals surface area contributed by atoms with Crippen LogP contribution in [0.3, 0.4) is 0 Å². The van der Waals surface area contributed by atoms with Crippen LogP contribution in [0.25, 0.3) is 0 Å². The number of ether oxygens (including phenoxy) is 1. The van der Waals surface area contributed by atoms with Crippen LogP contribution in [0, 0.1) is 19.8 Å². The highest BCUT2D eigenvalue weighted by molar-refractivity contribution is 5.43. The number of benzene rings is 1. The lowest BCUT2D eigenvalue weighted by molar-refractivity contribution is 0.312. The number of rotatable bonds is 3. The van der Waals surface area contributed by atoms with Crippen LogP contribution < -0.4 is 10.5 Å². The summed E-state index contributed by atoms with van der Waals surface area (Å²) >= 11 is 0. The maximum atomic E-state index is 5.80. The van der Waals surface area contributed by atoms with Crippen molar-refractivity contribution in [2.45, 2.75) is 26.3 Å². The highest BCUT2D eigenvalue weighted by Gasteiger charge is 2.30. The minimum absolute atomic E-state index is 0.478. The first kappa shape index (κ1) is 13.4. The van der Waals surface area contributed by atoms with Gasteiger partial charge in [0.05, 0.1) is 7.11 Å². The summed E-state index contributed by atoms with van der Waals surface area (Å²) in [6, 6.07) is 4.95. The molecule has 2 N–H and O–H groups in total. The van der Waals surface area contributed by atoms with Crippen molar-refractivity contribution in [1.29, 1.82) is 0 Å². The molecule has 2 atom stereocenters. The second-order valence-electron chi connectivity index (χ2n) is 5.46. The van der Waals surface area contributed by atoms with E-state index in [-0.39, 0.29) is 0 Å². The maximum Gasteiger partial charge on any atom is 0.122 e. The van der Waals surface area contributed by atoms with Crippen molar-refractivity contribution in [2.24, 2.45) is 11.7 Å². The molecule has 0 spiro atoms. The van der Waals surface area contributed by atoms with E-state index in [0.29, 0.717) is 12.0 Å². The molecule has 3 heteroatoms. The van der Waals surface area contributed by atoms with Crippen LogP contribution in [0.2, 0.25) is 0 Å². The monoisotopic (exact) mass is 248 g/mol. The third-order valence-corrected chi connectivity index (χ3v) is 4.21. The number of nitrogens with zero attached hydrogens (tertiary/aromatic N) is 1. The molecule has 1 heterocycles.